The van der Waals surface area contributed by atoms with Crippen LogP contribution in [-0.4, -0.2) is 41.1 Å². The van der Waals surface area contributed by atoms with Crippen LogP contribution in [0.4, 0.5) is 5.69 Å². The van der Waals surface area contributed by atoms with Crippen molar-refractivity contribution in [1.82, 2.24) is 5.32 Å². The number of anilines is 1. The van der Waals surface area contributed by atoms with Gasteiger partial charge in [0.05, 0.1) is 29.3 Å². The Balaban J connectivity index is 1.75. The number of carbonyl (C=O) groups excluding carboxylic acids is 1. The molecule has 0 fully saturated rings. The molecule has 1 N–H and O–H groups in total. The van der Waals surface area contributed by atoms with E-state index >= 15 is 0 Å². The molecule has 0 aliphatic heterocycles. The number of nitrogens with one attached hydrogen (secondary N) is 1. The third kappa shape index (κ3) is 7.17. The predicted molar refractivity (Wildman–Crippen MR) is 147 cm³/mol. The van der Waals surface area contributed by atoms with Gasteiger partial charge in [-0.15, -0.1) is 0 Å². The Morgan fingerprint density at radius 3 is 2.30 bits per heavy atom. The first kappa shape index (κ1) is 28.3. The lowest BCUT2D eigenvalue weighted by atomic mass is 9.86. The van der Waals surface area contributed by atoms with Gasteiger partial charge in [-0.25, -0.2) is 8.42 Å². The summed E-state index contributed by atoms with van der Waals surface area (Å²) in [5.41, 5.74) is 2.14. The molecule has 0 bridgehead atoms. The highest BCUT2D eigenvalue weighted by atomic mass is 35.5. The van der Waals surface area contributed by atoms with Gasteiger partial charge in [0.2, 0.25) is 5.91 Å². The van der Waals surface area contributed by atoms with Crippen molar-refractivity contribution in [2.75, 3.05) is 31.1 Å². The number of carbonyl (C=O) groups is 1. The van der Waals surface area contributed by atoms with Gasteiger partial charge in [-0.2, -0.15) is 0 Å². The highest BCUT2D eigenvalue weighted by Gasteiger charge is 2.28. The van der Waals surface area contributed by atoms with Gasteiger partial charge >= 0.3 is 0 Å². The van der Waals surface area contributed by atoms with Gasteiger partial charge in [0, 0.05) is 0 Å². The molecule has 0 aliphatic rings. The van der Waals surface area contributed by atoms with E-state index in [1.54, 1.807) is 24.3 Å². The second-order valence-corrected chi connectivity index (χ2v) is 11.9. The number of nitrogens with zero attached hydrogens (tertiary/aromatic N) is 1. The number of amides is 1. The lowest BCUT2D eigenvalue weighted by Crippen LogP contribution is -2.42. The third-order valence-electron chi connectivity index (χ3n) is 5.70. The zero-order valence-corrected chi connectivity index (χ0v) is 23.3. The van der Waals surface area contributed by atoms with E-state index in [2.05, 4.69) is 26.1 Å². The van der Waals surface area contributed by atoms with Crippen molar-refractivity contribution in [3.05, 3.63) is 82.9 Å². The van der Waals surface area contributed by atoms with Crippen molar-refractivity contribution in [3.63, 3.8) is 0 Å². The van der Waals surface area contributed by atoms with E-state index in [0.717, 1.165) is 21.2 Å². The minimum absolute atomic E-state index is 0.0694. The second kappa shape index (κ2) is 11.9. The first-order valence-electron chi connectivity index (χ1n) is 11.9. The van der Waals surface area contributed by atoms with Gasteiger partial charge < -0.3 is 14.8 Å². The SMILES string of the molecule is COc1ccc(N(CC(=O)NCCOc2ccccc2C(C)(C)C)S(=O)(=O)c2ccc(C)cc2)cc1Cl. The first-order valence-corrected chi connectivity index (χ1v) is 13.7. The van der Waals surface area contributed by atoms with Crippen LogP contribution < -0.4 is 19.1 Å². The number of para-hydroxylation sites is 1. The van der Waals surface area contributed by atoms with Crippen LogP contribution in [0.15, 0.2) is 71.6 Å². The fourth-order valence-electron chi connectivity index (χ4n) is 3.71. The summed E-state index contributed by atoms with van der Waals surface area (Å²) in [5, 5.41) is 2.99. The Labute approximate surface area is 224 Å². The minimum Gasteiger partial charge on any atom is -0.495 e. The number of ether oxygens (including phenoxy) is 2. The van der Waals surface area contributed by atoms with Crippen molar-refractivity contribution >= 4 is 33.2 Å². The molecule has 0 aliphatic carbocycles. The van der Waals surface area contributed by atoms with Crippen molar-refractivity contribution in [2.45, 2.75) is 38.0 Å². The number of halogens is 1. The molecule has 9 heteroatoms. The largest absolute Gasteiger partial charge is 0.495 e. The van der Waals surface area contributed by atoms with E-state index < -0.39 is 22.5 Å². The molecule has 198 valence electrons. The van der Waals surface area contributed by atoms with Crippen molar-refractivity contribution in [2.24, 2.45) is 0 Å². The smallest absolute Gasteiger partial charge is 0.264 e. The normalized spacial score (nSPS) is 11.6. The molecule has 3 rings (SSSR count). The van der Waals surface area contributed by atoms with Gasteiger partial charge in [-0.3, -0.25) is 9.10 Å². The lowest BCUT2D eigenvalue weighted by molar-refractivity contribution is -0.119. The molecule has 3 aromatic carbocycles. The van der Waals surface area contributed by atoms with Gasteiger partial charge in [-0.05, 0) is 54.3 Å². The fourth-order valence-corrected chi connectivity index (χ4v) is 5.38. The summed E-state index contributed by atoms with van der Waals surface area (Å²) in [4.78, 5) is 12.9. The molecule has 3 aromatic rings. The summed E-state index contributed by atoms with van der Waals surface area (Å²) < 4.78 is 39.2. The van der Waals surface area contributed by atoms with Crippen LogP contribution in [-0.2, 0) is 20.2 Å². The van der Waals surface area contributed by atoms with Gasteiger partial charge in [-0.1, -0.05) is 68.3 Å². The van der Waals surface area contributed by atoms with E-state index in [1.165, 1.54) is 25.3 Å². The molecule has 0 aromatic heterocycles. The number of benzene rings is 3. The van der Waals surface area contributed by atoms with Crippen LogP contribution in [0.3, 0.4) is 0 Å². The van der Waals surface area contributed by atoms with Gasteiger partial charge in [0.15, 0.2) is 0 Å². The summed E-state index contributed by atoms with van der Waals surface area (Å²) in [5.74, 6) is 0.672. The maximum Gasteiger partial charge on any atom is 0.264 e. The maximum atomic E-state index is 13.5. The molecule has 0 atom stereocenters. The van der Waals surface area contributed by atoms with E-state index in [1.807, 2.05) is 31.2 Å². The Bertz CT molecular complexity index is 1340. The monoisotopic (exact) mass is 544 g/mol. The minimum atomic E-state index is -4.06. The molecule has 0 unspecified atom stereocenters. The maximum absolute atomic E-state index is 13.5. The van der Waals surface area contributed by atoms with Crippen molar-refractivity contribution in [3.8, 4) is 11.5 Å². The third-order valence-corrected chi connectivity index (χ3v) is 7.78. The predicted octanol–water partition coefficient (Wildman–Crippen LogP) is 5.35. The summed E-state index contributed by atoms with van der Waals surface area (Å²) in [6.45, 7) is 8.18. The molecule has 1 amide bonds. The summed E-state index contributed by atoms with van der Waals surface area (Å²) in [6.07, 6.45) is 0. The second-order valence-electron chi connectivity index (χ2n) is 9.59. The molecular weight excluding hydrogens is 512 g/mol. The molecular formula is C28H33ClN2O5S. The van der Waals surface area contributed by atoms with E-state index in [4.69, 9.17) is 21.1 Å². The fraction of sp³-hybridized carbons (Fsp3) is 0.321. The van der Waals surface area contributed by atoms with Crippen molar-refractivity contribution < 1.29 is 22.7 Å². The Hall–Kier alpha value is -3.23. The summed E-state index contributed by atoms with van der Waals surface area (Å²) in [7, 11) is -2.59. The lowest BCUT2D eigenvalue weighted by Gasteiger charge is -2.25. The van der Waals surface area contributed by atoms with Crippen LogP contribution >= 0.6 is 11.6 Å². The molecule has 7 nitrogen and oxygen atoms in total. The van der Waals surface area contributed by atoms with E-state index in [0.29, 0.717) is 5.75 Å². The molecule has 0 radical (unpaired) electrons. The number of aryl methyl sites for hydroxylation is 1. The highest BCUT2D eigenvalue weighted by Crippen LogP contribution is 2.32. The average Bonchev–Trinajstić information content (AvgIpc) is 2.85. The molecule has 0 spiro atoms. The average molecular weight is 545 g/mol. The van der Waals surface area contributed by atoms with Crippen LogP contribution in [0.5, 0.6) is 11.5 Å². The number of hydrogen-bond donors (Lipinski definition) is 1. The number of sulfonamides is 1. The summed E-state index contributed by atoms with van der Waals surface area (Å²) in [6, 6.07) is 18.8. The van der Waals surface area contributed by atoms with E-state index in [9.17, 15) is 13.2 Å². The van der Waals surface area contributed by atoms with E-state index in [-0.39, 0.29) is 34.2 Å². The van der Waals surface area contributed by atoms with Gasteiger partial charge in [0.25, 0.3) is 10.0 Å². The van der Waals surface area contributed by atoms with Gasteiger partial charge in [0.1, 0.15) is 24.7 Å². The quantitative estimate of drug-likeness (QED) is 0.348. The summed E-state index contributed by atoms with van der Waals surface area (Å²) >= 11 is 6.27. The highest BCUT2D eigenvalue weighted by molar-refractivity contribution is 7.92. The van der Waals surface area contributed by atoms with Crippen LogP contribution in [0.25, 0.3) is 0 Å². The van der Waals surface area contributed by atoms with Crippen LogP contribution in [0, 0.1) is 6.92 Å². The zero-order chi connectivity index (χ0) is 27.2. The van der Waals surface area contributed by atoms with Crippen LogP contribution in [0.1, 0.15) is 31.9 Å². The standard InChI is InChI=1S/C28H33ClN2O5S/c1-20-10-13-22(14-11-20)37(33,34)31(21-12-15-26(35-5)24(29)18-21)19-27(32)30-16-17-36-25-9-7-6-8-23(25)28(2,3)4/h6-15,18H,16-17,19H2,1-5H3,(H,30,32). The zero-order valence-electron chi connectivity index (χ0n) is 21.7. The topological polar surface area (TPSA) is 84.9 Å². The number of rotatable bonds is 10. The Morgan fingerprint density at radius 2 is 1.68 bits per heavy atom. The molecule has 0 heterocycles. The Morgan fingerprint density at radius 1 is 1.00 bits per heavy atom. The number of hydrogen-bond acceptors (Lipinski definition) is 5. The van der Waals surface area contributed by atoms with Crippen LogP contribution in [0.2, 0.25) is 5.02 Å². The van der Waals surface area contributed by atoms with Crippen molar-refractivity contribution in [1.29, 1.82) is 0 Å². The first-order chi connectivity index (χ1) is 17.4. The molecule has 0 saturated heterocycles. The molecule has 37 heavy (non-hydrogen) atoms. The molecule has 0 saturated carbocycles. The Kier molecular flexibility index (Phi) is 9.10. The number of methoxy groups -OCH3 is 1.